The quantitative estimate of drug-likeness (QED) is 0.875. The molecular formula is C11H11N3O3S. The van der Waals surface area contributed by atoms with E-state index in [4.69, 9.17) is 5.11 Å². The van der Waals surface area contributed by atoms with Crippen molar-refractivity contribution in [3.05, 3.63) is 40.1 Å². The second-order valence-corrected chi connectivity index (χ2v) is 4.70. The van der Waals surface area contributed by atoms with Crippen LogP contribution in [0.15, 0.2) is 23.8 Å². The number of amides is 1. The topological polar surface area (TPSA) is 86.3 Å². The zero-order valence-corrected chi connectivity index (χ0v) is 10.4. The van der Waals surface area contributed by atoms with Crippen molar-refractivity contribution in [3.8, 4) is 0 Å². The summed E-state index contributed by atoms with van der Waals surface area (Å²) in [6, 6.07) is 3.81. The van der Waals surface area contributed by atoms with E-state index in [1.54, 1.807) is 7.05 Å². The van der Waals surface area contributed by atoms with Crippen LogP contribution in [-0.4, -0.2) is 38.9 Å². The lowest BCUT2D eigenvalue weighted by Crippen LogP contribution is -2.27. The fourth-order valence-corrected chi connectivity index (χ4v) is 2.27. The van der Waals surface area contributed by atoms with Gasteiger partial charge >= 0.3 is 5.97 Å². The number of carbonyl (C=O) groups is 2. The molecular weight excluding hydrogens is 254 g/mol. The first-order valence-corrected chi connectivity index (χ1v) is 6.02. The molecule has 0 radical (unpaired) electrons. The Kier molecular flexibility index (Phi) is 3.42. The van der Waals surface area contributed by atoms with Crippen LogP contribution in [0, 0.1) is 0 Å². The van der Waals surface area contributed by atoms with Crippen LogP contribution in [0.5, 0.6) is 0 Å². The average Bonchev–Trinajstić information content (AvgIpc) is 2.97. The van der Waals surface area contributed by atoms with Gasteiger partial charge < -0.3 is 15.0 Å². The SMILES string of the molecule is CN(Cc1cccs1)C(=O)c1nc[nH]c1C(=O)O. The van der Waals surface area contributed by atoms with Crippen molar-refractivity contribution in [3.63, 3.8) is 0 Å². The van der Waals surface area contributed by atoms with E-state index < -0.39 is 11.9 Å². The van der Waals surface area contributed by atoms with E-state index in [0.29, 0.717) is 6.54 Å². The molecule has 0 fully saturated rings. The highest BCUT2D eigenvalue weighted by Crippen LogP contribution is 2.13. The van der Waals surface area contributed by atoms with Crippen LogP contribution in [0.2, 0.25) is 0 Å². The van der Waals surface area contributed by atoms with E-state index in [9.17, 15) is 9.59 Å². The van der Waals surface area contributed by atoms with Crippen molar-refractivity contribution < 1.29 is 14.7 Å². The number of carboxylic acid groups (broad SMARTS) is 1. The van der Waals surface area contributed by atoms with Gasteiger partial charge in [-0.2, -0.15) is 0 Å². The van der Waals surface area contributed by atoms with Crippen molar-refractivity contribution in [2.75, 3.05) is 7.05 Å². The summed E-state index contributed by atoms with van der Waals surface area (Å²) in [4.78, 5) is 31.6. The molecule has 2 heterocycles. The normalized spacial score (nSPS) is 10.3. The Labute approximate surface area is 107 Å². The van der Waals surface area contributed by atoms with Gasteiger partial charge in [0.25, 0.3) is 5.91 Å². The molecule has 0 aliphatic carbocycles. The number of thiophene rings is 1. The standard InChI is InChI=1S/C11H11N3O3S/c1-14(5-7-3-2-4-18-7)10(15)8-9(11(16)17)13-6-12-8/h2-4,6H,5H2,1H3,(H,12,13)(H,16,17). The molecule has 94 valence electrons. The monoisotopic (exact) mass is 265 g/mol. The van der Waals surface area contributed by atoms with Gasteiger partial charge in [0.15, 0.2) is 11.4 Å². The maximum Gasteiger partial charge on any atom is 0.354 e. The van der Waals surface area contributed by atoms with Gasteiger partial charge in [-0.05, 0) is 11.4 Å². The molecule has 7 heteroatoms. The van der Waals surface area contributed by atoms with Gasteiger partial charge in [0.2, 0.25) is 0 Å². The number of nitrogens with zero attached hydrogens (tertiary/aromatic N) is 2. The highest BCUT2D eigenvalue weighted by molar-refractivity contribution is 7.09. The summed E-state index contributed by atoms with van der Waals surface area (Å²) in [6.45, 7) is 0.433. The van der Waals surface area contributed by atoms with Crippen molar-refractivity contribution in [2.45, 2.75) is 6.54 Å². The Morgan fingerprint density at radius 3 is 2.94 bits per heavy atom. The summed E-state index contributed by atoms with van der Waals surface area (Å²) < 4.78 is 0. The van der Waals surface area contributed by atoms with Gasteiger partial charge in [0.1, 0.15) is 0 Å². The van der Waals surface area contributed by atoms with Crippen LogP contribution in [-0.2, 0) is 6.54 Å². The largest absolute Gasteiger partial charge is 0.477 e. The smallest absolute Gasteiger partial charge is 0.354 e. The third-order valence-electron chi connectivity index (χ3n) is 2.38. The molecule has 0 aromatic carbocycles. The summed E-state index contributed by atoms with van der Waals surface area (Å²) in [6.07, 6.45) is 1.20. The number of aromatic carboxylic acids is 1. The minimum atomic E-state index is -1.19. The summed E-state index contributed by atoms with van der Waals surface area (Å²) in [7, 11) is 1.61. The highest BCUT2D eigenvalue weighted by Gasteiger charge is 2.22. The molecule has 0 unspecified atom stereocenters. The first-order chi connectivity index (χ1) is 8.59. The number of rotatable bonds is 4. The summed E-state index contributed by atoms with van der Waals surface area (Å²) >= 11 is 1.54. The zero-order chi connectivity index (χ0) is 13.1. The van der Waals surface area contributed by atoms with Crippen LogP contribution in [0.4, 0.5) is 0 Å². The lowest BCUT2D eigenvalue weighted by atomic mass is 10.3. The van der Waals surface area contributed by atoms with Gasteiger partial charge in [0, 0.05) is 11.9 Å². The highest BCUT2D eigenvalue weighted by atomic mass is 32.1. The van der Waals surface area contributed by atoms with Crippen LogP contribution in [0.1, 0.15) is 25.9 Å². The van der Waals surface area contributed by atoms with Crippen molar-refractivity contribution in [1.82, 2.24) is 14.9 Å². The van der Waals surface area contributed by atoms with Gasteiger partial charge in [-0.15, -0.1) is 11.3 Å². The van der Waals surface area contributed by atoms with E-state index in [0.717, 1.165) is 4.88 Å². The lowest BCUT2D eigenvalue weighted by Gasteiger charge is -2.15. The molecule has 0 saturated heterocycles. The molecule has 2 rings (SSSR count). The molecule has 18 heavy (non-hydrogen) atoms. The predicted octanol–water partition coefficient (Wildman–Crippen LogP) is 1.44. The molecule has 2 aromatic heterocycles. The van der Waals surface area contributed by atoms with Gasteiger partial charge in [0.05, 0.1) is 12.9 Å². The molecule has 0 bridgehead atoms. The Bertz CT molecular complexity index is 562. The first kappa shape index (κ1) is 12.3. The van der Waals surface area contributed by atoms with E-state index in [-0.39, 0.29) is 11.4 Å². The maximum absolute atomic E-state index is 12.0. The van der Waals surface area contributed by atoms with Crippen LogP contribution in [0.25, 0.3) is 0 Å². The number of nitrogens with one attached hydrogen (secondary N) is 1. The summed E-state index contributed by atoms with van der Waals surface area (Å²) in [5.74, 6) is -1.61. The van der Waals surface area contributed by atoms with Gasteiger partial charge in [-0.25, -0.2) is 9.78 Å². The Morgan fingerprint density at radius 1 is 1.56 bits per heavy atom. The van der Waals surface area contributed by atoms with Crippen LogP contribution >= 0.6 is 11.3 Å². The molecule has 0 spiro atoms. The van der Waals surface area contributed by atoms with Crippen LogP contribution < -0.4 is 0 Å². The molecule has 0 aliphatic rings. The fourth-order valence-electron chi connectivity index (χ4n) is 1.51. The maximum atomic E-state index is 12.0. The van der Waals surface area contributed by atoms with E-state index in [1.165, 1.54) is 22.6 Å². The fraction of sp³-hybridized carbons (Fsp3) is 0.182. The molecule has 6 nitrogen and oxygen atoms in total. The molecule has 0 saturated carbocycles. The number of carbonyl (C=O) groups excluding carboxylic acids is 1. The number of H-pyrrole nitrogens is 1. The molecule has 1 amide bonds. The number of aromatic amines is 1. The second-order valence-electron chi connectivity index (χ2n) is 3.67. The Morgan fingerprint density at radius 2 is 2.33 bits per heavy atom. The number of aromatic nitrogens is 2. The number of hydrogen-bond acceptors (Lipinski definition) is 4. The van der Waals surface area contributed by atoms with E-state index >= 15 is 0 Å². The summed E-state index contributed by atoms with van der Waals surface area (Å²) in [5, 5.41) is 10.8. The second kappa shape index (κ2) is 5.01. The molecule has 2 aromatic rings. The average molecular weight is 265 g/mol. The molecule has 0 atom stereocenters. The number of carboxylic acids is 1. The van der Waals surface area contributed by atoms with Gasteiger partial charge in [-0.3, -0.25) is 4.79 Å². The molecule has 2 N–H and O–H groups in total. The Balaban J connectivity index is 2.15. The van der Waals surface area contributed by atoms with Crippen molar-refractivity contribution >= 4 is 23.2 Å². The van der Waals surface area contributed by atoms with E-state index in [2.05, 4.69) is 9.97 Å². The number of hydrogen-bond donors (Lipinski definition) is 2. The third-order valence-corrected chi connectivity index (χ3v) is 3.24. The predicted molar refractivity (Wildman–Crippen MR) is 65.7 cm³/mol. The van der Waals surface area contributed by atoms with Gasteiger partial charge in [-0.1, -0.05) is 6.07 Å². The van der Waals surface area contributed by atoms with E-state index in [1.807, 2.05) is 17.5 Å². The Hall–Kier alpha value is -2.15. The minimum Gasteiger partial charge on any atom is -0.477 e. The molecule has 0 aliphatic heterocycles. The minimum absolute atomic E-state index is 0.0680. The van der Waals surface area contributed by atoms with Crippen molar-refractivity contribution in [1.29, 1.82) is 0 Å². The summed E-state index contributed by atoms with van der Waals surface area (Å²) in [5.41, 5.74) is -0.250. The lowest BCUT2D eigenvalue weighted by molar-refractivity contribution is 0.0674. The third kappa shape index (κ3) is 2.40. The zero-order valence-electron chi connectivity index (χ0n) is 9.58. The van der Waals surface area contributed by atoms with Crippen LogP contribution in [0.3, 0.4) is 0 Å². The van der Waals surface area contributed by atoms with Crippen molar-refractivity contribution in [2.24, 2.45) is 0 Å². The first-order valence-electron chi connectivity index (χ1n) is 5.14. The number of imidazole rings is 1.